The third-order valence-electron chi connectivity index (χ3n) is 18.5. The Balaban J connectivity index is 1.67. The molecular formula is C75H106N18O21S. The predicted octanol–water partition coefficient (Wildman–Crippen LogP) is -4.53. The molecule has 26 N–H and O–H groups in total. The fourth-order valence-corrected chi connectivity index (χ4v) is 13.3. The van der Waals surface area contributed by atoms with Gasteiger partial charge in [-0.15, -0.1) is 0 Å². The summed E-state index contributed by atoms with van der Waals surface area (Å²) in [6.07, 6.45) is -5.94. The molecule has 115 heavy (non-hydrogen) atoms. The summed E-state index contributed by atoms with van der Waals surface area (Å²) >= 11 is 0.904. The number of phenolic OH excluding ortho intramolecular Hbond substituents is 1. The average Bonchev–Trinajstić information content (AvgIpc) is 1.80. The van der Waals surface area contributed by atoms with Crippen LogP contribution in [-0.2, 0) is 106 Å². The number of amides is 16. The zero-order valence-corrected chi connectivity index (χ0v) is 65.8. The lowest BCUT2D eigenvalue weighted by Crippen LogP contribution is -2.64. The second kappa shape index (κ2) is 44.5. The second-order valence-corrected chi connectivity index (χ2v) is 30.2. The lowest BCUT2D eigenvalue weighted by Gasteiger charge is -2.34. The number of ether oxygens (including phenoxy) is 1. The topological polar surface area (TPSA) is 650 Å². The molecule has 0 radical (unpaired) electrons. The molecule has 0 unspecified atom stereocenters. The van der Waals surface area contributed by atoms with E-state index in [-0.39, 0.29) is 50.2 Å². The van der Waals surface area contributed by atoms with E-state index >= 15 is 19.2 Å². The highest BCUT2D eigenvalue weighted by molar-refractivity contribution is 7.99. The van der Waals surface area contributed by atoms with E-state index in [4.69, 9.17) is 33.4 Å². The number of hydrogen-bond acceptors (Lipinski definition) is 22. The number of rotatable bonds is 37. The summed E-state index contributed by atoms with van der Waals surface area (Å²) in [6.45, 7) is 8.18. The number of aromatic nitrogens is 1. The summed E-state index contributed by atoms with van der Waals surface area (Å²) in [7, 11) is 1.39. The third-order valence-corrected chi connectivity index (χ3v) is 19.6. The molecule has 1 aliphatic heterocycles. The minimum Gasteiger partial charge on any atom is -0.508 e. The number of benzene rings is 3. The van der Waals surface area contributed by atoms with Crippen molar-refractivity contribution in [3.8, 4) is 11.5 Å². The van der Waals surface area contributed by atoms with Crippen LogP contribution >= 0.6 is 11.8 Å². The van der Waals surface area contributed by atoms with E-state index in [0.717, 1.165) is 25.6 Å². The molecule has 2 heterocycles. The summed E-state index contributed by atoms with van der Waals surface area (Å²) in [5.74, 6) is -18.8. The number of para-hydroxylation sites is 1. The summed E-state index contributed by atoms with van der Waals surface area (Å²) in [5.41, 5.74) is 26.8. The van der Waals surface area contributed by atoms with Gasteiger partial charge in [-0.3, -0.25) is 81.5 Å². The molecule has 12 atom stereocenters. The standard InChI is InChI=1S/C75H106N18O21S/c1-38(94)62-72(112)89-53(33-42-35-81-46-13-9-8-12-44(42)46)69(109)85-47(19-23-57(77)97)64(104)90-55(37-115-29-26-50(83-39(2)95)66(106)84-48(67(107)92-62)20-24-58(78)98)70(110)86-51(31-40-14-17-43(114-7)18-15-40)68(108)87-52(32-41-16-22-56(96)45(30-41)74(3,4)5)71(111)93-75(6,27-10-11-28-76)73(113)91-49(21-25-61(101)102)65(105)88-54(34-59(79)99)63(103)82-36-60(80)100/h8-9,12-18,22,30,35,38,47-55,62,81,94,96H,10-11,19-21,23-29,31-34,36-37,76H2,1-7H3,(H2,77,97)(H2,78,98)(H2,79,99)(H2,80,100)(H,82,103)(H,83,95)(H,84,106)(H,85,109)(H,86,110)(H,87,108)(H,88,105)(H,89,112)(H,90,104)(H,91,113)(H,92,107)(H,93,111)(H,101,102)/t38-,47+,48+,49+,50+,51+,52+,53+,54+,55+,62+,75+/m1/s1. The number of primary amides is 4. The third kappa shape index (κ3) is 30.5. The van der Waals surface area contributed by atoms with Crippen LogP contribution in [0.3, 0.4) is 0 Å². The second-order valence-electron chi connectivity index (χ2n) is 29.1. The maximum absolute atomic E-state index is 15.6. The number of nitrogens with one attached hydrogen (secondary N) is 13. The fraction of sp³-hybridized carbons (Fsp3) is 0.507. The van der Waals surface area contributed by atoms with Crippen molar-refractivity contribution in [2.24, 2.45) is 28.7 Å². The van der Waals surface area contributed by atoms with Crippen molar-refractivity contribution in [1.82, 2.24) is 68.8 Å². The minimum absolute atomic E-state index is 0.0736. The van der Waals surface area contributed by atoms with Gasteiger partial charge in [0.25, 0.3) is 0 Å². The Kier molecular flexibility index (Phi) is 36.2. The predicted molar refractivity (Wildman–Crippen MR) is 417 cm³/mol. The Bertz CT molecular complexity index is 4190. The molecule has 5 rings (SSSR count). The molecule has 1 aliphatic rings. The van der Waals surface area contributed by atoms with E-state index in [2.05, 4.69) is 68.8 Å². The number of thioether (sulfide) groups is 1. The smallest absolute Gasteiger partial charge is 0.303 e. The van der Waals surface area contributed by atoms with E-state index in [9.17, 15) is 77.6 Å². The van der Waals surface area contributed by atoms with E-state index in [1.807, 2.05) is 0 Å². The molecule has 628 valence electrons. The maximum Gasteiger partial charge on any atom is 0.303 e. The van der Waals surface area contributed by atoms with Crippen molar-refractivity contribution < 1.29 is 102 Å². The van der Waals surface area contributed by atoms with Gasteiger partial charge in [0, 0.05) is 68.3 Å². The van der Waals surface area contributed by atoms with E-state index in [1.165, 1.54) is 38.3 Å². The molecule has 16 amide bonds. The van der Waals surface area contributed by atoms with Gasteiger partial charge in [0.2, 0.25) is 94.5 Å². The molecule has 3 aromatic carbocycles. The molecule has 0 saturated carbocycles. The van der Waals surface area contributed by atoms with Crippen molar-refractivity contribution in [3.63, 3.8) is 0 Å². The van der Waals surface area contributed by atoms with Crippen molar-refractivity contribution >= 4 is 123 Å². The van der Waals surface area contributed by atoms with E-state index < -0.39 is 248 Å². The van der Waals surface area contributed by atoms with Crippen LogP contribution in [0.5, 0.6) is 11.5 Å². The number of aromatic hydroxyl groups is 1. The van der Waals surface area contributed by atoms with Gasteiger partial charge in [-0.05, 0) is 123 Å². The van der Waals surface area contributed by atoms with E-state index in [1.54, 1.807) is 69.4 Å². The first-order valence-corrected chi connectivity index (χ1v) is 38.2. The number of hydrogen-bond donors (Lipinski definition) is 21. The molecule has 1 aromatic heterocycles. The van der Waals surface area contributed by atoms with Crippen LogP contribution in [0.4, 0.5) is 0 Å². The number of aliphatic hydroxyl groups is 1. The quantitative estimate of drug-likeness (QED) is 0.0189. The van der Waals surface area contributed by atoms with Crippen molar-refractivity contribution in [2.75, 3.05) is 31.7 Å². The van der Waals surface area contributed by atoms with Crippen LogP contribution in [0.25, 0.3) is 10.9 Å². The number of phenols is 1. The Labute approximate surface area is 666 Å². The molecule has 39 nitrogen and oxygen atoms in total. The Morgan fingerprint density at radius 3 is 1.82 bits per heavy atom. The number of H-pyrrole nitrogens is 1. The number of aliphatic hydroxyl groups excluding tert-OH is 1. The van der Waals surface area contributed by atoms with Crippen LogP contribution in [0, 0.1) is 0 Å². The lowest BCUT2D eigenvalue weighted by atomic mass is 9.84. The van der Waals surface area contributed by atoms with Gasteiger partial charge in [-0.25, -0.2) is 0 Å². The normalized spacial score (nSPS) is 19.1. The lowest BCUT2D eigenvalue weighted by molar-refractivity contribution is -0.140. The van der Waals surface area contributed by atoms with Crippen LogP contribution in [-0.4, -0.2) is 225 Å². The summed E-state index contributed by atoms with van der Waals surface area (Å²) in [4.78, 5) is 238. The Morgan fingerprint density at radius 1 is 0.643 bits per heavy atom. The fourth-order valence-electron chi connectivity index (χ4n) is 12.2. The largest absolute Gasteiger partial charge is 0.508 e. The Morgan fingerprint density at radius 2 is 1.23 bits per heavy atom. The van der Waals surface area contributed by atoms with Crippen LogP contribution in [0.1, 0.15) is 134 Å². The van der Waals surface area contributed by atoms with Crippen LogP contribution < -0.4 is 97.2 Å². The number of carbonyl (C=O) groups is 17. The Hall–Kier alpha value is -11.9. The average molecular weight is 1630 g/mol. The molecule has 1 fully saturated rings. The first-order valence-electron chi connectivity index (χ1n) is 37.0. The van der Waals surface area contributed by atoms with E-state index in [0.29, 0.717) is 38.9 Å². The number of carbonyl (C=O) groups excluding carboxylic acids is 16. The summed E-state index contributed by atoms with van der Waals surface area (Å²) in [5, 5.41) is 62.6. The van der Waals surface area contributed by atoms with Gasteiger partial charge in [0.05, 0.1) is 26.2 Å². The highest BCUT2D eigenvalue weighted by atomic mass is 32.2. The number of fused-ring (bicyclic) bond motifs is 1. The first-order chi connectivity index (χ1) is 54.1. The number of carboxylic acid groups (broad SMARTS) is 1. The number of aliphatic carboxylic acids is 1. The first kappa shape index (κ1) is 93.7. The number of nitrogens with two attached hydrogens (primary N) is 5. The number of carboxylic acids is 1. The zero-order chi connectivity index (χ0) is 85.6. The van der Waals surface area contributed by atoms with Gasteiger partial charge in [-0.1, -0.05) is 63.2 Å². The summed E-state index contributed by atoms with van der Waals surface area (Å²) < 4.78 is 5.39. The maximum atomic E-state index is 15.6. The van der Waals surface area contributed by atoms with Crippen molar-refractivity contribution in [3.05, 3.63) is 95.2 Å². The highest BCUT2D eigenvalue weighted by Crippen LogP contribution is 2.32. The molecule has 4 aromatic rings. The van der Waals surface area contributed by atoms with Crippen LogP contribution in [0.2, 0.25) is 0 Å². The molecular weight excluding hydrogens is 1520 g/mol. The van der Waals surface area contributed by atoms with Gasteiger partial charge in [0.15, 0.2) is 0 Å². The SMILES string of the molecule is COc1ccc(C[C@H](NC(=O)[C@@H]2CSCC[C@H](NC(C)=O)C(=O)N[C@@H](CCC(N)=O)C(=O)N[C@@H]([C@@H](C)O)C(=O)N[C@@H](Cc3c[nH]c4ccccc34)C(=O)N[C@@H](CCC(N)=O)C(=O)N2)C(=O)N[C@@H](Cc2ccc(O)c(C(C)(C)C)c2)C(=O)N[C@@](C)(CCCCN)C(=O)N[C@@H](CCC(=O)O)C(=O)N[C@@H](CC(N)=O)C(=O)NCC(N)=O)cc1. The molecule has 0 aliphatic carbocycles. The number of aromatic amines is 1. The van der Waals surface area contributed by atoms with Gasteiger partial charge >= 0.3 is 5.97 Å². The molecule has 1 saturated heterocycles. The molecule has 40 heteroatoms. The van der Waals surface area contributed by atoms with Gasteiger partial charge < -0.3 is 118 Å². The van der Waals surface area contributed by atoms with Gasteiger partial charge in [0.1, 0.15) is 77.5 Å². The zero-order valence-electron chi connectivity index (χ0n) is 65.0. The van der Waals surface area contributed by atoms with Crippen molar-refractivity contribution in [1.29, 1.82) is 0 Å². The highest BCUT2D eigenvalue weighted by Gasteiger charge is 2.42. The monoisotopic (exact) mass is 1630 g/mol. The van der Waals surface area contributed by atoms with Crippen molar-refractivity contribution in [2.45, 2.75) is 209 Å². The molecule has 0 spiro atoms. The van der Waals surface area contributed by atoms with Gasteiger partial charge in [-0.2, -0.15) is 11.8 Å². The minimum atomic E-state index is -2.12. The molecule has 0 bridgehead atoms. The summed E-state index contributed by atoms with van der Waals surface area (Å²) in [6, 6.07) is -0.0972. The van der Waals surface area contributed by atoms with Crippen LogP contribution in [0.15, 0.2) is 72.9 Å². The number of unbranched alkanes of at least 4 members (excludes halogenated alkanes) is 1. The number of methoxy groups -OCH3 is 1.